The quantitative estimate of drug-likeness (QED) is 0.636. The summed E-state index contributed by atoms with van der Waals surface area (Å²) in [6.07, 6.45) is 1.14. The molecule has 0 heterocycles. The molecule has 0 radical (unpaired) electrons. The van der Waals surface area contributed by atoms with E-state index in [-0.39, 0.29) is 35.2 Å². The first-order valence-corrected chi connectivity index (χ1v) is 8.82. The summed E-state index contributed by atoms with van der Waals surface area (Å²) in [4.78, 5) is 25.0. The van der Waals surface area contributed by atoms with Crippen LogP contribution in [0.2, 0.25) is 0 Å². The smallest absolute Gasteiger partial charge is 0.339 e. The molecule has 0 saturated heterocycles. The standard InChI is InChI=1S/C20H30O4/c1-7-17(13(3)4)23-19(21)15-11-9-10-12-16(15)20(22)24-18(8-2)14(5)6/h9-14,17-18H,7-8H2,1-6H3. The summed E-state index contributed by atoms with van der Waals surface area (Å²) in [6, 6.07) is 6.68. The van der Waals surface area contributed by atoms with Crippen molar-refractivity contribution in [2.24, 2.45) is 11.8 Å². The first kappa shape index (κ1) is 20.2. The predicted octanol–water partition coefficient (Wildman–Crippen LogP) is 4.87. The highest BCUT2D eigenvalue weighted by Gasteiger charge is 2.25. The third-order valence-electron chi connectivity index (χ3n) is 4.18. The number of hydrogen-bond donors (Lipinski definition) is 0. The highest BCUT2D eigenvalue weighted by Crippen LogP contribution is 2.19. The van der Waals surface area contributed by atoms with Gasteiger partial charge < -0.3 is 9.47 Å². The number of benzene rings is 1. The van der Waals surface area contributed by atoms with E-state index in [1.807, 2.05) is 41.5 Å². The summed E-state index contributed by atoms with van der Waals surface area (Å²) in [5, 5.41) is 0. The van der Waals surface area contributed by atoms with E-state index in [0.717, 1.165) is 12.8 Å². The van der Waals surface area contributed by atoms with Gasteiger partial charge >= 0.3 is 11.9 Å². The normalized spacial score (nSPS) is 13.7. The SMILES string of the molecule is CCC(OC(=O)c1ccccc1C(=O)OC(CC)C(C)C)C(C)C. The van der Waals surface area contributed by atoms with Crippen LogP contribution >= 0.6 is 0 Å². The van der Waals surface area contributed by atoms with Crippen molar-refractivity contribution in [1.29, 1.82) is 0 Å². The maximum Gasteiger partial charge on any atom is 0.339 e. The number of esters is 2. The minimum Gasteiger partial charge on any atom is -0.459 e. The van der Waals surface area contributed by atoms with Gasteiger partial charge in [0.25, 0.3) is 0 Å². The lowest BCUT2D eigenvalue weighted by molar-refractivity contribution is 0.0127. The highest BCUT2D eigenvalue weighted by molar-refractivity contribution is 6.03. The van der Waals surface area contributed by atoms with Crippen LogP contribution in [0.1, 0.15) is 75.1 Å². The summed E-state index contributed by atoms with van der Waals surface area (Å²) >= 11 is 0. The van der Waals surface area contributed by atoms with Gasteiger partial charge in [-0.3, -0.25) is 0 Å². The van der Waals surface area contributed by atoms with Crippen LogP contribution in [0, 0.1) is 11.8 Å². The molecule has 0 N–H and O–H groups in total. The van der Waals surface area contributed by atoms with E-state index < -0.39 is 11.9 Å². The number of ether oxygens (including phenoxy) is 2. The molecule has 0 saturated carbocycles. The van der Waals surface area contributed by atoms with Crippen LogP contribution in [0.25, 0.3) is 0 Å². The maximum atomic E-state index is 12.5. The van der Waals surface area contributed by atoms with E-state index in [4.69, 9.17) is 9.47 Å². The molecular weight excluding hydrogens is 304 g/mol. The number of carbonyl (C=O) groups is 2. The van der Waals surface area contributed by atoms with Crippen LogP contribution in [0.3, 0.4) is 0 Å². The minimum absolute atomic E-state index is 0.166. The second kappa shape index (κ2) is 9.45. The van der Waals surface area contributed by atoms with Gasteiger partial charge in [-0.15, -0.1) is 0 Å². The Balaban J connectivity index is 2.99. The Bertz CT molecular complexity index is 499. The van der Waals surface area contributed by atoms with E-state index in [2.05, 4.69) is 0 Å². The zero-order valence-corrected chi connectivity index (χ0v) is 15.7. The average Bonchev–Trinajstić information content (AvgIpc) is 2.56. The van der Waals surface area contributed by atoms with Crippen molar-refractivity contribution in [2.75, 3.05) is 0 Å². The zero-order valence-electron chi connectivity index (χ0n) is 15.7. The van der Waals surface area contributed by atoms with Crippen molar-refractivity contribution >= 4 is 11.9 Å². The van der Waals surface area contributed by atoms with Crippen molar-refractivity contribution < 1.29 is 19.1 Å². The van der Waals surface area contributed by atoms with Gasteiger partial charge in [0.15, 0.2) is 0 Å². The zero-order chi connectivity index (χ0) is 18.3. The topological polar surface area (TPSA) is 52.6 Å². The molecule has 134 valence electrons. The molecule has 1 aromatic carbocycles. The number of carbonyl (C=O) groups excluding carboxylic acids is 2. The van der Waals surface area contributed by atoms with E-state index in [1.165, 1.54) is 0 Å². The molecule has 0 fully saturated rings. The molecule has 0 aromatic heterocycles. The molecule has 4 nitrogen and oxygen atoms in total. The second-order valence-electron chi connectivity index (χ2n) is 6.74. The molecule has 0 aliphatic heterocycles. The fourth-order valence-corrected chi connectivity index (χ4v) is 2.62. The van der Waals surface area contributed by atoms with Gasteiger partial charge in [-0.2, -0.15) is 0 Å². The van der Waals surface area contributed by atoms with Gasteiger partial charge in [0.2, 0.25) is 0 Å². The molecule has 2 atom stereocenters. The molecule has 0 aliphatic carbocycles. The molecule has 0 amide bonds. The van der Waals surface area contributed by atoms with Gasteiger partial charge in [-0.25, -0.2) is 9.59 Å². The lowest BCUT2D eigenvalue weighted by atomic mass is 10.0. The van der Waals surface area contributed by atoms with Crippen molar-refractivity contribution in [3.8, 4) is 0 Å². The summed E-state index contributed by atoms with van der Waals surface area (Å²) in [7, 11) is 0. The molecule has 2 unspecified atom stereocenters. The molecule has 0 aliphatic rings. The lowest BCUT2D eigenvalue weighted by Gasteiger charge is -2.22. The van der Waals surface area contributed by atoms with E-state index in [9.17, 15) is 9.59 Å². The largest absolute Gasteiger partial charge is 0.459 e. The van der Waals surface area contributed by atoms with Crippen molar-refractivity contribution in [1.82, 2.24) is 0 Å². The molecule has 1 aromatic rings. The van der Waals surface area contributed by atoms with Gasteiger partial charge in [-0.1, -0.05) is 53.7 Å². The Morgan fingerprint density at radius 2 is 1.12 bits per heavy atom. The third-order valence-corrected chi connectivity index (χ3v) is 4.18. The van der Waals surface area contributed by atoms with Crippen molar-refractivity contribution in [3.05, 3.63) is 35.4 Å². The third kappa shape index (κ3) is 5.36. The summed E-state index contributed by atoms with van der Waals surface area (Å²) in [5.74, 6) is -0.492. The molecule has 0 spiro atoms. The summed E-state index contributed by atoms with van der Waals surface area (Å²) in [6.45, 7) is 12.0. The maximum absolute atomic E-state index is 12.5. The van der Waals surface area contributed by atoms with E-state index in [1.54, 1.807) is 24.3 Å². The van der Waals surface area contributed by atoms with E-state index >= 15 is 0 Å². The van der Waals surface area contributed by atoms with Gasteiger partial charge in [-0.05, 0) is 36.8 Å². The Morgan fingerprint density at radius 1 is 0.792 bits per heavy atom. The Kier molecular flexibility index (Phi) is 7.96. The van der Waals surface area contributed by atoms with Crippen molar-refractivity contribution in [2.45, 2.75) is 66.6 Å². The van der Waals surface area contributed by atoms with Crippen LogP contribution in [0.5, 0.6) is 0 Å². The Labute approximate surface area is 145 Å². The molecular formula is C20H30O4. The highest BCUT2D eigenvalue weighted by atomic mass is 16.6. The average molecular weight is 334 g/mol. The molecule has 1 rings (SSSR count). The van der Waals surface area contributed by atoms with Crippen LogP contribution in [-0.2, 0) is 9.47 Å². The number of hydrogen-bond acceptors (Lipinski definition) is 4. The monoisotopic (exact) mass is 334 g/mol. The fraction of sp³-hybridized carbons (Fsp3) is 0.600. The molecule has 4 heteroatoms. The first-order chi connectivity index (χ1) is 11.3. The molecule has 0 bridgehead atoms. The number of rotatable bonds is 8. The molecule has 24 heavy (non-hydrogen) atoms. The first-order valence-electron chi connectivity index (χ1n) is 8.82. The van der Waals surface area contributed by atoms with E-state index in [0.29, 0.717) is 0 Å². The summed E-state index contributed by atoms with van der Waals surface area (Å²) < 4.78 is 11.1. The van der Waals surface area contributed by atoms with Crippen LogP contribution in [0.4, 0.5) is 0 Å². The Morgan fingerprint density at radius 3 is 1.38 bits per heavy atom. The van der Waals surface area contributed by atoms with Crippen molar-refractivity contribution in [3.63, 3.8) is 0 Å². The fourth-order valence-electron chi connectivity index (χ4n) is 2.62. The van der Waals surface area contributed by atoms with Crippen LogP contribution in [-0.4, -0.2) is 24.1 Å². The van der Waals surface area contributed by atoms with Gasteiger partial charge in [0.05, 0.1) is 11.1 Å². The van der Waals surface area contributed by atoms with Crippen LogP contribution in [0.15, 0.2) is 24.3 Å². The Hall–Kier alpha value is -1.84. The lowest BCUT2D eigenvalue weighted by Crippen LogP contribution is -2.26. The predicted molar refractivity (Wildman–Crippen MR) is 95.1 cm³/mol. The van der Waals surface area contributed by atoms with Gasteiger partial charge in [0, 0.05) is 0 Å². The summed E-state index contributed by atoms with van der Waals surface area (Å²) in [5.41, 5.74) is 0.528. The van der Waals surface area contributed by atoms with Gasteiger partial charge in [0.1, 0.15) is 12.2 Å². The van der Waals surface area contributed by atoms with Crippen LogP contribution < -0.4 is 0 Å². The minimum atomic E-state index is -0.472. The second-order valence-corrected chi connectivity index (χ2v) is 6.74.